The molecule has 0 radical (unpaired) electrons. The average molecular weight is 445 g/mol. The highest BCUT2D eigenvalue weighted by molar-refractivity contribution is 5.97. The molecule has 1 N–H and O–H groups in total. The van der Waals surface area contributed by atoms with E-state index in [1.54, 1.807) is 0 Å². The molecule has 0 aliphatic carbocycles. The first kappa shape index (κ1) is 22.9. The van der Waals surface area contributed by atoms with E-state index in [1.165, 1.54) is 0 Å². The number of benzene rings is 3. The summed E-state index contributed by atoms with van der Waals surface area (Å²) in [5.74, 6) is 1.54. The van der Waals surface area contributed by atoms with Crippen LogP contribution in [-0.2, 0) is 13.2 Å². The fourth-order valence-electron chi connectivity index (χ4n) is 3.95. The smallest absolute Gasteiger partial charge is 0.257 e. The molecule has 0 spiro atoms. The highest BCUT2D eigenvalue weighted by atomic mass is 16.5. The number of amides is 1. The Morgan fingerprint density at radius 1 is 0.848 bits per heavy atom. The van der Waals surface area contributed by atoms with E-state index in [-0.39, 0.29) is 11.8 Å². The van der Waals surface area contributed by atoms with Crippen molar-refractivity contribution >= 4 is 5.91 Å². The lowest BCUT2D eigenvalue weighted by Crippen LogP contribution is -2.46. The van der Waals surface area contributed by atoms with Crippen molar-refractivity contribution in [3.8, 4) is 11.5 Å². The molecule has 1 amide bonds. The molecule has 5 heteroatoms. The maximum absolute atomic E-state index is 13.5. The van der Waals surface area contributed by atoms with Crippen LogP contribution >= 0.6 is 0 Å². The molecule has 4 rings (SSSR count). The highest BCUT2D eigenvalue weighted by Gasteiger charge is 2.24. The summed E-state index contributed by atoms with van der Waals surface area (Å²) >= 11 is 0. The van der Waals surface area contributed by atoms with Crippen LogP contribution in [0.2, 0.25) is 0 Å². The lowest BCUT2D eigenvalue weighted by molar-refractivity contribution is 0.0730. The third-order valence-corrected chi connectivity index (χ3v) is 5.84. The van der Waals surface area contributed by atoms with Crippen molar-refractivity contribution < 1.29 is 14.3 Å². The van der Waals surface area contributed by atoms with E-state index < -0.39 is 0 Å². The standard InChI is InChI=1S/C28H32N2O3/c1-21(2)24-17-25(28(31)30-15-13-29-14-16-30)27(33-20-23-11-7-4-8-12-23)18-26(24)32-19-22-9-5-3-6-10-22/h3-12,17-18,21,29H,13-16,19-20H2,1-2H3. The molecule has 1 aliphatic rings. The minimum atomic E-state index is 0.0103. The van der Waals surface area contributed by atoms with E-state index in [1.807, 2.05) is 77.7 Å². The molecule has 0 unspecified atom stereocenters. The van der Waals surface area contributed by atoms with Crippen molar-refractivity contribution in [3.05, 3.63) is 95.1 Å². The van der Waals surface area contributed by atoms with Gasteiger partial charge in [0.25, 0.3) is 5.91 Å². The van der Waals surface area contributed by atoms with Gasteiger partial charge in [0, 0.05) is 32.2 Å². The summed E-state index contributed by atoms with van der Waals surface area (Å²) in [6.45, 7) is 8.09. The van der Waals surface area contributed by atoms with Crippen LogP contribution in [0.15, 0.2) is 72.8 Å². The lowest BCUT2D eigenvalue weighted by Gasteiger charge is -2.29. The molecule has 1 saturated heterocycles. The van der Waals surface area contributed by atoms with E-state index >= 15 is 0 Å². The molecule has 33 heavy (non-hydrogen) atoms. The number of carbonyl (C=O) groups is 1. The molecular weight excluding hydrogens is 412 g/mol. The van der Waals surface area contributed by atoms with E-state index in [0.717, 1.165) is 35.5 Å². The minimum Gasteiger partial charge on any atom is -0.488 e. The maximum Gasteiger partial charge on any atom is 0.257 e. The second-order valence-corrected chi connectivity index (χ2v) is 8.63. The molecule has 5 nitrogen and oxygen atoms in total. The zero-order valence-electron chi connectivity index (χ0n) is 19.4. The SMILES string of the molecule is CC(C)c1cc(C(=O)N2CCNCC2)c(OCc2ccccc2)cc1OCc1ccccc1. The Hall–Kier alpha value is -3.31. The molecule has 0 bridgehead atoms. The van der Waals surface area contributed by atoms with Crippen LogP contribution in [0.4, 0.5) is 0 Å². The van der Waals surface area contributed by atoms with Crippen LogP contribution in [0.3, 0.4) is 0 Å². The summed E-state index contributed by atoms with van der Waals surface area (Å²) < 4.78 is 12.5. The van der Waals surface area contributed by atoms with E-state index in [4.69, 9.17) is 9.47 Å². The predicted molar refractivity (Wildman–Crippen MR) is 131 cm³/mol. The van der Waals surface area contributed by atoms with Crippen molar-refractivity contribution in [2.75, 3.05) is 26.2 Å². The number of nitrogens with one attached hydrogen (secondary N) is 1. The Labute approximate surface area is 196 Å². The molecule has 0 atom stereocenters. The molecular formula is C28H32N2O3. The fraction of sp³-hybridized carbons (Fsp3) is 0.321. The minimum absolute atomic E-state index is 0.0103. The van der Waals surface area contributed by atoms with Gasteiger partial charge < -0.3 is 19.7 Å². The maximum atomic E-state index is 13.5. The number of ether oxygens (including phenoxy) is 2. The number of piperazine rings is 1. The van der Waals surface area contributed by atoms with Crippen molar-refractivity contribution in [1.82, 2.24) is 10.2 Å². The Morgan fingerprint density at radius 2 is 1.39 bits per heavy atom. The first-order valence-corrected chi connectivity index (χ1v) is 11.6. The Morgan fingerprint density at radius 3 is 1.94 bits per heavy atom. The van der Waals surface area contributed by atoms with E-state index in [0.29, 0.717) is 37.6 Å². The quantitative estimate of drug-likeness (QED) is 0.530. The van der Waals surface area contributed by atoms with Crippen LogP contribution < -0.4 is 14.8 Å². The van der Waals surface area contributed by atoms with Gasteiger partial charge in [0.15, 0.2) is 0 Å². The van der Waals surface area contributed by atoms with Crippen LogP contribution in [0, 0.1) is 0 Å². The van der Waals surface area contributed by atoms with Crippen LogP contribution in [0.5, 0.6) is 11.5 Å². The van der Waals surface area contributed by atoms with E-state index in [9.17, 15) is 4.79 Å². The zero-order valence-corrected chi connectivity index (χ0v) is 19.4. The normalized spacial score (nSPS) is 13.7. The lowest BCUT2D eigenvalue weighted by atomic mass is 9.98. The van der Waals surface area contributed by atoms with Crippen molar-refractivity contribution in [1.29, 1.82) is 0 Å². The topological polar surface area (TPSA) is 50.8 Å². The van der Waals surface area contributed by atoms with Gasteiger partial charge in [-0.3, -0.25) is 4.79 Å². The number of carbonyl (C=O) groups excluding carboxylic acids is 1. The third-order valence-electron chi connectivity index (χ3n) is 5.84. The molecule has 172 valence electrons. The second kappa shape index (κ2) is 11.0. The summed E-state index contributed by atoms with van der Waals surface area (Å²) in [4.78, 5) is 15.4. The number of rotatable bonds is 8. The van der Waals surface area contributed by atoms with Crippen molar-refractivity contribution in [2.24, 2.45) is 0 Å². The Bertz CT molecular complexity index is 1050. The Kier molecular flexibility index (Phi) is 7.63. The van der Waals surface area contributed by atoms with Crippen molar-refractivity contribution in [2.45, 2.75) is 33.0 Å². The van der Waals surface area contributed by atoms with Gasteiger partial charge in [-0.25, -0.2) is 0 Å². The zero-order chi connectivity index (χ0) is 23.0. The van der Waals surface area contributed by atoms with E-state index in [2.05, 4.69) is 19.2 Å². The number of hydrogen-bond donors (Lipinski definition) is 1. The average Bonchev–Trinajstić information content (AvgIpc) is 2.87. The number of nitrogens with zero attached hydrogens (tertiary/aromatic N) is 1. The summed E-state index contributed by atoms with van der Waals surface area (Å²) in [6, 6.07) is 24.0. The second-order valence-electron chi connectivity index (χ2n) is 8.63. The molecule has 3 aromatic rings. The van der Waals surface area contributed by atoms with Gasteiger partial charge in [-0.15, -0.1) is 0 Å². The van der Waals surface area contributed by atoms with Gasteiger partial charge in [-0.05, 0) is 28.7 Å². The molecule has 3 aromatic carbocycles. The molecule has 1 fully saturated rings. The van der Waals surface area contributed by atoms with Gasteiger partial charge in [-0.2, -0.15) is 0 Å². The van der Waals surface area contributed by atoms with Crippen LogP contribution in [0.1, 0.15) is 46.8 Å². The van der Waals surface area contributed by atoms with Gasteiger partial charge >= 0.3 is 0 Å². The molecule has 0 saturated carbocycles. The highest BCUT2D eigenvalue weighted by Crippen LogP contribution is 2.35. The van der Waals surface area contributed by atoms with Gasteiger partial charge in [0.05, 0.1) is 5.56 Å². The third kappa shape index (κ3) is 5.93. The van der Waals surface area contributed by atoms with Crippen LogP contribution in [0.25, 0.3) is 0 Å². The van der Waals surface area contributed by atoms with Gasteiger partial charge in [-0.1, -0.05) is 74.5 Å². The summed E-state index contributed by atoms with van der Waals surface area (Å²) in [7, 11) is 0. The molecule has 1 heterocycles. The summed E-state index contributed by atoms with van der Waals surface area (Å²) in [5, 5.41) is 3.31. The van der Waals surface area contributed by atoms with Gasteiger partial charge in [0.2, 0.25) is 0 Å². The number of hydrogen-bond acceptors (Lipinski definition) is 4. The summed E-state index contributed by atoms with van der Waals surface area (Å²) in [6.07, 6.45) is 0. The largest absolute Gasteiger partial charge is 0.488 e. The predicted octanol–water partition coefficient (Wildman–Crippen LogP) is 5.01. The fourth-order valence-corrected chi connectivity index (χ4v) is 3.95. The van der Waals surface area contributed by atoms with Crippen LogP contribution in [-0.4, -0.2) is 37.0 Å². The van der Waals surface area contributed by atoms with Gasteiger partial charge in [0.1, 0.15) is 24.7 Å². The van der Waals surface area contributed by atoms with Crippen molar-refractivity contribution in [3.63, 3.8) is 0 Å². The Balaban J connectivity index is 1.66. The molecule has 0 aromatic heterocycles. The summed E-state index contributed by atoms with van der Waals surface area (Å²) in [5.41, 5.74) is 3.76. The first-order valence-electron chi connectivity index (χ1n) is 11.6. The monoisotopic (exact) mass is 444 g/mol. The molecule has 1 aliphatic heterocycles. The first-order chi connectivity index (χ1) is 16.1.